The van der Waals surface area contributed by atoms with Crippen molar-refractivity contribution in [3.05, 3.63) is 169 Å². The van der Waals surface area contributed by atoms with Gasteiger partial charge in [0.25, 0.3) is 0 Å². The first-order chi connectivity index (χ1) is 24.2. The largest absolute Gasteiger partial charge is 0.292 e. The molecular weight excluding hydrogens is 593 g/mol. The van der Waals surface area contributed by atoms with Gasteiger partial charge in [0.15, 0.2) is 0 Å². The molecular formula is C47H30N2. The van der Waals surface area contributed by atoms with Crippen LogP contribution in [-0.4, -0.2) is 9.38 Å². The predicted molar refractivity (Wildman–Crippen MR) is 211 cm³/mol. The average molecular weight is 623 g/mol. The summed E-state index contributed by atoms with van der Waals surface area (Å²) in [4.78, 5) is 5.18. The molecule has 2 heterocycles. The number of benzene rings is 8. The van der Waals surface area contributed by atoms with Gasteiger partial charge in [0.05, 0.1) is 16.6 Å². The molecule has 0 aliphatic rings. The van der Waals surface area contributed by atoms with E-state index in [1.807, 2.05) is 6.08 Å². The number of fused-ring (bicyclic) bond motifs is 12. The Morgan fingerprint density at radius 2 is 1.20 bits per heavy atom. The van der Waals surface area contributed by atoms with Gasteiger partial charge in [-0.1, -0.05) is 141 Å². The van der Waals surface area contributed by atoms with Crippen molar-refractivity contribution in [2.75, 3.05) is 0 Å². The fourth-order valence-electron chi connectivity index (χ4n) is 8.16. The third kappa shape index (κ3) is 3.92. The Hall–Kier alpha value is -6.51. The smallest absolute Gasteiger partial charge is 0.146 e. The first-order valence-electron chi connectivity index (χ1n) is 16.7. The lowest BCUT2D eigenvalue weighted by molar-refractivity contribution is 1.32. The molecule has 0 saturated heterocycles. The number of pyridine rings is 1. The summed E-state index contributed by atoms with van der Waals surface area (Å²) >= 11 is 0. The van der Waals surface area contributed by atoms with E-state index in [-0.39, 0.29) is 0 Å². The lowest BCUT2D eigenvalue weighted by atomic mass is 9.85. The molecule has 0 aliphatic carbocycles. The summed E-state index contributed by atoms with van der Waals surface area (Å²) in [5.41, 5.74) is 9.06. The van der Waals surface area contributed by atoms with Gasteiger partial charge < -0.3 is 0 Å². The third-order valence-corrected chi connectivity index (χ3v) is 10.2. The number of hydrogen-bond donors (Lipinski definition) is 0. The van der Waals surface area contributed by atoms with Crippen molar-refractivity contribution in [2.24, 2.45) is 0 Å². The van der Waals surface area contributed by atoms with Crippen molar-refractivity contribution in [2.45, 2.75) is 0 Å². The van der Waals surface area contributed by atoms with E-state index in [0.717, 1.165) is 43.6 Å². The SMILES string of the molecule is C=C/C=c1/c(-c2c3ccccc3c(-c3ccc4c(c3)c3c5ccccc5ccc3c3nc5ccccc5n43)c3ccccc23)cccc1=C. The molecule has 49 heavy (non-hydrogen) atoms. The molecule has 0 amide bonds. The monoisotopic (exact) mass is 622 g/mol. The van der Waals surface area contributed by atoms with Gasteiger partial charge in [-0.2, -0.15) is 0 Å². The van der Waals surface area contributed by atoms with E-state index in [9.17, 15) is 0 Å². The van der Waals surface area contributed by atoms with Crippen molar-refractivity contribution in [3.8, 4) is 22.3 Å². The number of rotatable bonds is 3. The zero-order valence-corrected chi connectivity index (χ0v) is 26.8. The number of aromatic nitrogens is 2. The fourth-order valence-corrected chi connectivity index (χ4v) is 8.16. The first kappa shape index (κ1) is 27.6. The van der Waals surface area contributed by atoms with Crippen LogP contribution in [0.1, 0.15) is 0 Å². The molecule has 228 valence electrons. The Labute approximate surface area is 282 Å². The van der Waals surface area contributed by atoms with Crippen molar-refractivity contribution >= 4 is 83.3 Å². The van der Waals surface area contributed by atoms with E-state index in [2.05, 4.69) is 169 Å². The molecule has 0 saturated carbocycles. The van der Waals surface area contributed by atoms with Gasteiger partial charge in [0.2, 0.25) is 0 Å². The van der Waals surface area contributed by atoms with Gasteiger partial charge in [0.1, 0.15) is 5.65 Å². The number of allylic oxidation sites excluding steroid dienone is 1. The van der Waals surface area contributed by atoms with Crippen LogP contribution >= 0.6 is 0 Å². The Balaban J connectivity index is 1.39. The second-order valence-corrected chi connectivity index (χ2v) is 12.8. The molecule has 0 atom stereocenters. The van der Waals surface area contributed by atoms with Crippen LogP contribution in [0.2, 0.25) is 0 Å². The van der Waals surface area contributed by atoms with E-state index in [0.29, 0.717) is 0 Å². The highest BCUT2D eigenvalue weighted by molar-refractivity contribution is 6.26. The van der Waals surface area contributed by atoms with Crippen molar-refractivity contribution in [1.82, 2.24) is 9.38 Å². The summed E-state index contributed by atoms with van der Waals surface area (Å²) < 4.78 is 2.34. The molecule has 0 aliphatic heterocycles. The second kappa shape index (κ2) is 10.5. The highest BCUT2D eigenvalue weighted by atomic mass is 15.0. The molecule has 2 nitrogen and oxygen atoms in total. The molecule has 10 rings (SSSR count). The van der Waals surface area contributed by atoms with Crippen LogP contribution < -0.4 is 10.4 Å². The van der Waals surface area contributed by atoms with Crippen LogP contribution in [0.25, 0.3) is 106 Å². The third-order valence-electron chi connectivity index (χ3n) is 10.2. The molecule has 2 aromatic heterocycles. The molecule has 0 fully saturated rings. The van der Waals surface area contributed by atoms with E-state index >= 15 is 0 Å². The summed E-state index contributed by atoms with van der Waals surface area (Å²) in [5.74, 6) is 0. The van der Waals surface area contributed by atoms with Crippen molar-refractivity contribution < 1.29 is 0 Å². The van der Waals surface area contributed by atoms with Crippen molar-refractivity contribution in [1.29, 1.82) is 0 Å². The standard InChI is InChI=1S/C47H30N2/c1-3-13-32-29(2)14-12-21-34(32)46-37-19-8-6-17-35(37)44(36-18-7-9-20-38(36)46)31-25-27-42-40(28-31)45-33-16-5-4-15-30(33)24-26-39(45)47-48-41-22-10-11-23-43(41)49(42)47/h3-28H,1-2H2/b32-13+. The van der Waals surface area contributed by atoms with Crippen LogP contribution in [-0.2, 0) is 0 Å². The topological polar surface area (TPSA) is 17.3 Å². The normalized spacial score (nSPS) is 12.4. The van der Waals surface area contributed by atoms with Crippen LogP contribution in [0, 0.1) is 0 Å². The zero-order chi connectivity index (χ0) is 32.6. The van der Waals surface area contributed by atoms with Crippen LogP contribution in [0.5, 0.6) is 0 Å². The summed E-state index contributed by atoms with van der Waals surface area (Å²) in [6.45, 7) is 8.40. The van der Waals surface area contributed by atoms with Gasteiger partial charge >= 0.3 is 0 Å². The Morgan fingerprint density at radius 3 is 1.96 bits per heavy atom. The van der Waals surface area contributed by atoms with E-state index in [4.69, 9.17) is 4.98 Å². The Morgan fingerprint density at radius 1 is 0.531 bits per heavy atom. The molecule has 2 heteroatoms. The molecule has 0 bridgehead atoms. The minimum Gasteiger partial charge on any atom is -0.292 e. The minimum absolute atomic E-state index is 0.988. The maximum Gasteiger partial charge on any atom is 0.146 e. The lowest BCUT2D eigenvalue weighted by Gasteiger charge is -2.19. The van der Waals surface area contributed by atoms with Gasteiger partial charge in [-0.25, -0.2) is 4.98 Å². The number of hydrogen-bond acceptors (Lipinski definition) is 1. The quantitative estimate of drug-likeness (QED) is 0.142. The number of para-hydroxylation sites is 2. The van der Waals surface area contributed by atoms with E-state index in [1.165, 1.54) is 59.8 Å². The Bertz CT molecular complexity index is 3090. The minimum atomic E-state index is 0.988. The van der Waals surface area contributed by atoms with Gasteiger partial charge in [0, 0.05) is 16.2 Å². The van der Waals surface area contributed by atoms with Crippen LogP contribution in [0.15, 0.2) is 158 Å². The maximum atomic E-state index is 5.18. The molecule has 10 aromatic rings. The number of imidazole rings is 1. The van der Waals surface area contributed by atoms with E-state index < -0.39 is 0 Å². The lowest BCUT2D eigenvalue weighted by Crippen LogP contribution is -2.24. The molecule has 0 radical (unpaired) electrons. The molecule has 0 spiro atoms. The Kier molecular flexibility index (Phi) is 5.91. The number of nitrogens with zero attached hydrogens (tertiary/aromatic N) is 2. The fraction of sp³-hybridized carbons (Fsp3) is 0. The van der Waals surface area contributed by atoms with E-state index in [1.54, 1.807) is 0 Å². The maximum absolute atomic E-state index is 5.18. The summed E-state index contributed by atoms with van der Waals surface area (Å²) in [7, 11) is 0. The highest BCUT2D eigenvalue weighted by Crippen LogP contribution is 2.45. The van der Waals surface area contributed by atoms with Gasteiger partial charge in [-0.3, -0.25) is 4.40 Å². The summed E-state index contributed by atoms with van der Waals surface area (Å²) in [5, 5.41) is 13.0. The van der Waals surface area contributed by atoms with Crippen molar-refractivity contribution in [3.63, 3.8) is 0 Å². The van der Waals surface area contributed by atoms with Gasteiger partial charge in [-0.05, 0) is 95.3 Å². The average Bonchev–Trinajstić information content (AvgIpc) is 3.54. The first-order valence-corrected chi connectivity index (χ1v) is 16.7. The van der Waals surface area contributed by atoms with Gasteiger partial charge in [-0.15, -0.1) is 0 Å². The summed E-state index contributed by atoms with van der Waals surface area (Å²) in [6, 6.07) is 52.7. The molecule has 0 N–H and O–H groups in total. The van der Waals surface area contributed by atoms with Crippen LogP contribution in [0.4, 0.5) is 0 Å². The predicted octanol–water partition coefficient (Wildman–Crippen LogP) is 11.0. The second-order valence-electron chi connectivity index (χ2n) is 12.8. The van der Waals surface area contributed by atoms with Crippen LogP contribution in [0.3, 0.4) is 0 Å². The highest BCUT2D eigenvalue weighted by Gasteiger charge is 2.20. The zero-order valence-electron chi connectivity index (χ0n) is 26.8. The molecule has 8 aromatic carbocycles. The molecule has 0 unspecified atom stereocenters. The summed E-state index contributed by atoms with van der Waals surface area (Å²) in [6.07, 6.45) is 3.93.